The molecule has 162 valence electrons. The fourth-order valence-corrected chi connectivity index (χ4v) is 5.29. The van der Waals surface area contributed by atoms with E-state index in [2.05, 4.69) is 46.4 Å². The standard InChI is InChI=1S/C25H35N3O2/c1-19-17-22(20(2)28(19)21-9-5-4-6-10-21)24(29)18-26-13-15-27(16-14-26)23-11-7-8-12-25(23)30-3/h7-8,11-12,17,21H,4-6,9-10,13-16,18H2,1-3H3. The summed E-state index contributed by atoms with van der Waals surface area (Å²) in [4.78, 5) is 17.8. The van der Waals surface area contributed by atoms with E-state index in [1.807, 2.05) is 12.1 Å². The molecule has 0 atom stereocenters. The molecule has 0 bridgehead atoms. The van der Waals surface area contributed by atoms with Gasteiger partial charge in [0.2, 0.25) is 0 Å². The highest BCUT2D eigenvalue weighted by atomic mass is 16.5. The smallest absolute Gasteiger partial charge is 0.178 e. The van der Waals surface area contributed by atoms with Gasteiger partial charge in [0.15, 0.2) is 5.78 Å². The van der Waals surface area contributed by atoms with E-state index in [0.29, 0.717) is 12.6 Å². The monoisotopic (exact) mass is 409 g/mol. The van der Waals surface area contributed by atoms with Gasteiger partial charge in [-0.1, -0.05) is 31.4 Å². The van der Waals surface area contributed by atoms with Gasteiger partial charge in [-0.2, -0.15) is 0 Å². The fraction of sp³-hybridized carbons (Fsp3) is 0.560. The van der Waals surface area contributed by atoms with Crippen LogP contribution in [-0.4, -0.2) is 55.1 Å². The molecule has 1 saturated heterocycles. The van der Waals surface area contributed by atoms with E-state index in [-0.39, 0.29) is 5.78 Å². The molecule has 0 unspecified atom stereocenters. The van der Waals surface area contributed by atoms with E-state index in [4.69, 9.17) is 4.74 Å². The van der Waals surface area contributed by atoms with Crippen LogP contribution in [-0.2, 0) is 0 Å². The maximum Gasteiger partial charge on any atom is 0.178 e. The number of aromatic nitrogens is 1. The van der Waals surface area contributed by atoms with Gasteiger partial charge in [0.25, 0.3) is 0 Å². The van der Waals surface area contributed by atoms with Crippen molar-refractivity contribution in [1.82, 2.24) is 9.47 Å². The second-order valence-corrected chi connectivity index (χ2v) is 8.80. The van der Waals surface area contributed by atoms with Gasteiger partial charge >= 0.3 is 0 Å². The van der Waals surface area contributed by atoms with Crippen LogP contribution in [0.2, 0.25) is 0 Å². The molecule has 2 aromatic rings. The summed E-state index contributed by atoms with van der Waals surface area (Å²) < 4.78 is 7.95. The number of carbonyl (C=O) groups is 1. The highest BCUT2D eigenvalue weighted by Gasteiger charge is 2.25. The Morgan fingerprint density at radius 1 is 1.03 bits per heavy atom. The highest BCUT2D eigenvalue weighted by Crippen LogP contribution is 2.32. The van der Waals surface area contributed by atoms with Crippen molar-refractivity contribution in [3.05, 3.63) is 47.3 Å². The number of anilines is 1. The summed E-state index contributed by atoms with van der Waals surface area (Å²) in [5.41, 5.74) is 4.47. The molecule has 1 aromatic carbocycles. The molecule has 0 radical (unpaired) electrons. The first-order valence-corrected chi connectivity index (χ1v) is 11.4. The number of piperazine rings is 1. The third-order valence-electron chi connectivity index (χ3n) is 6.89. The van der Waals surface area contributed by atoms with Gasteiger partial charge in [-0.25, -0.2) is 0 Å². The van der Waals surface area contributed by atoms with Crippen molar-refractivity contribution >= 4 is 11.5 Å². The summed E-state index contributed by atoms with van der Waals surface area (Å²) in [6.45, 7) is 8.41. The summed E-state index contributed by atoms with van der Waals surface area (Å²) >= 11 is 0. The summed E-state index contributed by atoms with van der Waals surface area (Å²) in [7, 11) is 1.72. The molecular weight excluding hydrogens is 374 g/mol. The quantitative estimate of drug-likeness (QED) is 0.652. The number of carbonyl (C=O) groups excluding carboxylic acids is 1. The number of methoxy groups -OCH3 is 1. The Kier molecular flexibility index (Phi) is 6.47. The zero-order valence-electron chi connectivity index (χ0n) is 18.7. The first-order valence-electron chi connectivity index (χ1n) is 11.4. The second-order valence-electron chi connectivity index (χ2n) is 8.80. The lowest BCUT2D eigenvalue weighted by atomic mass is 9.95. The predicted molar refractivity (Wildman–Crippen MR) is 122 cm³/mol. The number of para-hydroxylation sites is 2. The lowest BCUT2D eigenvalue weighted by molar-refractivity contribution is 0.0925. The van der Waals surface area contributed by atoms with Gasteiger partial charge in [0.05, 0.1) is 19.3 Å². The average Bonchev–Trinajstić information content (AvgIpc) is 3.09. The molecule has 2 aliphatic rings. The van der Waals surface area contributed by atoms with E-state index in [1.54, 1.807) is 7.11 Å². The van der Waals surface area contributed by atoms with Crippen LogP contribution in [0.15, 0.2) is 30.3 Å². The van der Waals surface area contributed by atoms with Crippen LogP contribution in [0.1, 0.15) is 59.9 Å². The molecule has 5 nitrogen and oxygen atoms in total. The summed E-state index contributed by atoms with van der Waals surface area (Å²) in [6.07, 6.45) is 6.45. The van der Waals surface area contributed by atoms with Gasteiger partial charge in [-0.15, -0.1) is 0 Å². The molecule has 0 spiro atoms. The minimum Gasteiger partial charge on any atom is -0.495 e. The maximum atomic E-state index is 13.1. The third-order valence-corrected chi connectivity index (χ3v) is 6.89. The number of aryl methyl sites for hydroxylation is 1. The van der Waals surface area contributed by atoms with E-state index >= 15 is 0 Å². The van der Waals surface area contributed by atoms with Gasteiger partial charge < -0.3 is 14.2 Å². The highest BCUT2D eigenvalue weighted by molar-refractivity contribution is 5.99. The molecule has 0 N–H and O–H groups in total. The van der Waals surface area contributed by atoms with Crippen LogP contribution >= 0.6 is 0 Å². The number of hydrogen-bond donors (Lipinski definition) is 0. The summed E-state index contributed by atoms with van der Waals surface area (Å²) in [5, 5.41) is 0. The van der Waals surface area contributed by atoms with Crippen LogP contribution in [0.5, 0.6) is 5.75 Å². The SMILES string of the molecule is COc1ccccc1N1CCN(CC(=O)c2cc(C)n(C3CCCCC3)c2C)CC1. The van der Waals surface area contributed by atoms with Crippen molar-refractivity contribution in [3.63, 3.8) is 0 Å². The zero-order chi connectivity index (χ0) is 21.1. The van der Waals surface area contributed by atoms with E-state index in [0.717, 1.165) is 48.9 Å². The molecule has 1 saturated carbocycles. The Balaban J connectivity index is 1.38. The molecule has 1 aliphatic carbocycles. The van der Waals surface area contributed by atoms with Crippen molar-refractivity contribution in [3.8, 4) is 5.75 Å². The first kappa shape index (κ1) is 21.0. The number of benzene rings is 1. The van der Waals surface area contributed by atoms with E-state index < -0.39 is 0 Å². The van der Waals surface area contributed by atoms with Crippen LogP contribution < -0.4 is 9.64 Å². The topological polar surface area (TPSA) is 37.7 Å². The van der Waals surface area contributed by atoms with Gasteiger partial charge in [0, 0.05) is 49.2 Å². The van der Waals surface area contributed by atoms with Crippen LogP contribution in [0.25, 0.3) is 0 Å². The zero-order valence-corrected chi connectivity index (χ0v) is 18.7. The molecule has 2 fully saturated rings. The lowest BCUT2D eigenvalue weighted by Crippen LogP contribution is -2.48. The summed E-state index contributed by atoms with van der Waals surface area (Å²) in [6, 6.07) is 10.9. The van der Waals surface area contributed by atoms with Crippen molar-refractivity contribution < 1.29 is 9.53 Å². The largest absolute Gasteiger partial charge is 0.495 e. The number of hydrogen-bond acceptors (Lipinski definition) is 4. The van der Waals surface area contributed by atoms with Crippen molar-refractivity contribution in [2.24, 2.45) is 0 Å². The minimum atomic E-state index is 0.260. The Morgan fingerprint density at radius 3 is 2.43 bits per heavy atom. The molecule has 30 heavy (non-hydrogen) atoms. The second kappa shape index (κ2) is 9.25. The molecule has 0 amide bonds. The Labute approximate surface area is 180 Å². The number of ether oxygens (including phenoxy) is 1. The summed E-state index contributed by atoms with van der Waals surface area (Å²) in [5.74, 6) is 1.17. The van der Waals surface area contributed by atoms with Gasteiger partial charge in [-0.3, -0.25) is 9.69 Å². The van der Waals surface area contributed by atoms with Gasteiger partial charge in [0.1, 0.15) is 5.75 Å². The molecule has 1 aliphatic heterocycles. The van der Waals surface area contributed by atoms with Crippen LogP contribution in [0.3, 0.4) is 0 Å². The van der Waals surface area contributed by atoms with Crippen molar-refractivity contribution in [1.29, 1.82) is 0 Å². The number of rotatable bonds is 6. The number of Topliss-reactive ketones (excluding diaryl/α,β-unsaturated/α-hetero) is 1. The Bertz CT molecular complexity index is 875. The van der Waals surface area contributed by atoms with Gasteiger partial charge in [-0.05, 0) is 44.9 Å². The molecule has 5 heteroatoms. The molecular formula is C25H35N3O2. The fourth-order valence-electron chi connectivity index (χ4n) is 5.29. The molecule has 4 rings (SSSR count). The Hall–Kier alpha value is -2.27. The van der Waals surface area contributed by atoms with E-state index in [9.17, 15) is 4.79 Å². The normalized spacial score (nSPS) is 18.6. The van der Waals surface area contributed by atoms with E-state index in [1.165, 1.54) is 37.8 Å². The molecule has 2 heterocycles. The number of ketones is 1. The van der Waals surface area contributed by atoms with Crippen LogP contribution in [0.4, 0.5) is 5.69 Å². The van der Waals surface area contributed by atoms with Crippen molar-refractivity contribution in [2.45, 2.75) is 52.0 Å². The molecule has 1 aromatic heterocycles. The minimum absolute atomic E-state index is 0.260. The Morgan fingerprint density at radius 2 is 1.73 bits per heavy atom. The predicted octanol–water partition coefficient (Wildman–Crippen LogP) is 4.62. The third kappa shape index (κ3) is 4.27. The lowest BCUT2D eigenvalue weighted by Gasteiger charge is -2.36. The van der Waals surface area contributed by atoms with Crippen LogP contribution in [0, 0.1) is 13.8 Å². The average molecular weight is 410 g/mol. The number of nitrogens with zero attached hydrogens (tertiary/aromatic N) is 3. The first-order chi connectivity index (χ1) is 14.6. The van der Waals surface area contributed by atoms with Crippen molar-refractivity contribution in [2.75, 3.05) is 44.7 Å². The maximum absolute atomic E-state index is 13.1.